The molecule has 0 aromatic rings. The Labute approximate surface area is 93.4 Å². The molecule has 0 N–H and O–H groups in total. The fourth-order valence-electron chi connectivity index (χ4n) is 1.93. The SMILES string of the molecule is CCCCCC(=O)[C@H]1O[C@@H]1CCCCC. The van der Waals surface area contributed by atoms with Crippen molar-refractivity contribution in [2.75, 3.05) is 0 Å². The van der Waals surface area contributed by atoms with Crippen LogP contribution < -0.4 is 0 Å². The summed E-state index contributed by atoms with van der Waals surface area (Å²) in [6, 6.07) is 0. The van der Waals surface area contributed by atoms with E-state index >= 15 is 0 Å². The van der Waals surface area contributed by atoms with E-state index in [1.807, 2.05) is 0 Å². The van der Waals surface area contributed by atoms with Gasteiger partial charge in [0, 0.05) is 6.42 Å². The molecule has 0 aromatic carbocycles. The highest BCUT2D eigenvalue weighted by atomic mass is 16.6. The van der Waals surface area contributed by atoms with Crippen molar-refractivity contribution in [3.8, 4) is 0 Å². The highest BCUT2D eigenvalue weighted by molar-refractivity contribution is 5.85. The normalized spacial score (nSPS) is 24.1. The van der Waals surface area contributed by atoms with Gasteiger partial charge in [-0.25, -0.2) is 0 Å². The molecule has 1 rings (SSSR count). The molecule has 0 unspecified atom stereocenters. The third-order valence-electron chi connectivity index (χ3n) is 3.02. The van der Waals surface area contributed by atoms with Crippen molar-refractivity contribution < 1.29 is 9.53 Å². The van der Waals surface area contributed by atoms with Crippen LogP contribution in [0.4, 0.5) is 0 Å². The number of rotatable bonds is 9. The summed E-state index contributed by atoms with van der Waals surface area (Å²) in [7, 11) is 0. The number of carbonyl (C=O) groups is 1. The van der Waals surface area contributed by atoms with Gasteiger partial charge in [0.1, 0.15) is 6.10 Å². The van der Waals surface area contributed by atoms with Crippen LogP contribution in [0.5, 0.6) is 0 Å². The maximum Gasteiger partial charge on any atom is 0.164 e. The van der Waals surface area contributed by atoms with Crippen LogP contribution in [0.2, 0.25) is 0 Å². The minimum Gasteiger partial charge on any atom is -0.361 e. The lowest BCUT2D eigenvalue weighted by atomic mass is 10.0. The van der Waals surface area contributed by atoms with Crippen LogP contribution in [0, 0.1) is 0 Å². The van der Waals surface area contributed by atoms with E-state index in [0.29, 0.717) is 5.78 Å². The van der Waals surface area contributed by atoms with E-state index in [4.69, 9.17) is 4.74 Å². The maximum absolute atomic E-state index is 11.6. The Hall–Kier alpha value is -0.370. The van der Waals surface area contributed by atoms with Crippen molar-refractivity contribution in [3.63, 3.8) is 0 Å². The predicted molar refractivity (Wildman–Crippen MR) is 62.0 cm³/mol. The summed E-state index contributed by atoms with van der Waals surface area (Å²) in [4.78, 5) is 11.6. The van der Waals surface area contributed by atoms with Crippen LogP contribution in [0.15, 0.2) is 0 Å². The van der Waals surface area contributed by atoms with Gasteiger partial charge in [-0.3, -0.25) is 4.79 Å². The molecule has 0 radical (unpaired) electrons. The molecule has 1 aliphatic rings. The summed E-state index contributed by atoms with van der Waals surface area (Å²) in [5.74, 6) is 0.338. The van der Waals surface area contributed by atoms with Gasteiger partial charge in [-0.05, 0) is 12.8 Å². The van der Waals surface area contributed by atoms with Crippen LogP contribution >= 0.6 is 0 Å². The lowest BCUT2D eigenvalue weighted by Gasteiger charge is -1.96. The van der Waals surface area contributed by atoms with Crippen LogP contribution in [0.1, 0.15) is 65.2 Å². The van der Waals surface area contributed by atoms with E-state index in [1.165, 1.54) is 32.1 Å². The topological polar surface area (TPSA) is 29.6 Å². The summed E-state index contributed by atoms with van der Waals surface area (Å²) in [6.45, 7) is 4.35. The molecule has 0 spiro atoms. The number of carbonyl (C=O) groups excluding carboxylic acids is 1. The molecule has 2 heteroatoms. The molecule has 1 heterocycles. The molecule has 2 atom stereocenters. The maximum atomic E-state index is 11.6. The van der Waals surface area contributed by atoms with Crippen molar-refractivity contribution in [2.45, 2.75) is 77.4 Å². The van der Waals surface area contributed by atoms with Crippen LogP contribution in [-0.2, 0) is 9.53 Å². The Morgan fingerprint density at radius 1 is 1.07 bits per heavy atom. The van der Waals surface area contributed by atoms with Crippen LogP contribution in [0.3, 0.4) is 0 Å². The summed E-state index contributed by atoms with van der Waals surface area (Å²) in [5, 5.41) is 0. The van der Waals surface area contributed by atoms with Gasteiger partial charge in [0.15, 0.2) is 5.78 Å². The highest BCUT2D eigenvalue weighted by Gasteiger charge is 2.42. The van der Waals surface area contributed by atoms with E-state index in [9.17, 15) is 4.79 Å². The quantitative estimate of drug-likeness (QED) is 0.432. The number of epoxide rings is 1. The summed E-state index contributed by atoms with van der Waals surface area (Å²) in [5.41, 5.74) is 0. The number of unbranched alkanes of at least 4 members (excludes halogenated alkanes) is 4. The van der Waals surface area contributed by atoms with Crippen LogP contribution in [0.25, 0.3) is 0 Å². The molecule has 0 amide bonds. The van der Waals surface area contributed by atoms with Gasteiger partial charge >= 0.3 is 0 Å². The number of Topliss-reactive ketones (excluding diaryl/α,β-unsaturated/α-hetero) is 1. The zero-order valence-corrected chi connectivity index (χ0v) is 10.1. The third kappa shape index (κ3) is 4.78. The molecule has 88 valence electrons. The zero-order chi connectivity index (χ0) is 11.1. The second kappa shape index (κ2) is 7.00. The minimum absolute atomic E-state index is 0.0290. The number of hydrogen-bond donors (Lipinski definition) is 0. The fraction of sp³-hybridized carbons (Fsp3) is 0.923. The highest BCUT2D eigenvalue weighted by Crippen LogP contribution is 2.29. The van der Waals surface area contributed by atoms with E-state index in [0.717, 1.165) is 19.3 Å². The molecule has 1 saturated heterocycles. The van der Waals surface area contributed by atoms with E-state index in [1.54, 1.807) is 0 Å². The predicted octanol–water partition coefficient (Wildman–Crippen LogP) is 3.48. The largest absolute Gasteiger partial charge is 0.361 e. The van der Waals surface area contributed by atoms with Crippen molar-refractivity contribution in [1.82, 2.24) is 0 Å². The van der Waals surface area contributed by atoms with Crippen molar-refractivity contribution >= 4 is 5.78 Å². The first-order valence-electron chi connectivity index (χ1n) is 6.47. The molecule has 15 heavy (non-hydrogen) atoms. The van der Waals surface area contributed by atoms with Gasteiger partial charge < -0.3 is 4.74 Å². The second-order valence-corrected chi connectivity index (χ2v) is 4.51. The Bertz CT molecular complexity index is 189. The Balaban J connectivity index is 2.01. The lowest BCUT2D eigenvalue weighted by molar-refractivity contribution is -0.120. The Morgan fingerprint density at radius 3 is 2.40 bits per heavy atom. The Kier molecular flexibility index (Phi) is 5.92. The van der Waals surface area contributed by atoms with Crippen molar-refractivity contribution in [1.29, 1.82) is 0 Å². The van der Waals surface area contributed by atoms with E-state index in [-0.39, 0.29) is 12.2 Å². The van der Waals surface area contributed by atoms with Gasteiger partial charge in [-0.2, -0.15) is 0 Å². The summed E-state index contributed by atoms with van der Waals surface area (Å²) >= 11 is 0. The number of hydrogen-bond acceptors (Lipinski definition) is 2. The molecule has 0 aliphatic carbocycles. The van der Waals surface area contributed by atoms with Crippen LogP contribution in [-0.4, -0.2) is 18.0 Å². The van der Waals surface area contributed by atoms with E-state index < -0.39 is 0 Å². The fourth-order valence-corrected chi connectivity index (χ4v) is 1.93. The molecular formula is C13H24O2. The van der Waals surface area contributed by atoms with Gasteiger partial charge in [-0.15, -0.1) is 0 Å². The van der Waals surface area contributed by atoms with E-state index in [2.05, 4.69) is 13.8 Å². The monoisotopic (exact) mass is 212 g/mol. The minimum atomic E-state index is -0.0290. The van der Waals surface area contributed by atoms with Gasteiger partial charge in [0.25, 0.3) is 0 Å². The second-order valence-electron chi connectivity index (χ2n) is 4.51. The molecule has 0 aromatic heterocycles. The standard InChI is InChI=1S/C13H24O2/c1-3-5-7-9-11(14)13-12(15-13)10-8-6-4-2/h12-13H,3-10H2,1-2H3/t12-,13-/m1/s1. The lowest BCUT2D eigenvalue weighted by Crippen LogP contribution is -2.09. The van der Waals surface area contributed by atoms with Gasteiger partial charge in [-0.1, -0.05) is 46.0 Å². The molecular weight excluding hydrogens is 188 g/mol. The Morgan fingerprint density at radius 2 is 1.73 bits per heavy atom. The molecule has 0 saturated carbocycles. The number of ketones is 1. The number of ether oxygens (including phenoxy) is 1. The summed E-state index contributed by atoms with van der Waals surface area (Å²) < 4.78 is 5.41. The van der Waals surface area contributed by atoms with Gasteiger partial charge in [0.05, 0.1) is 6.10 Å². The first-order chi connectivity index (χ1) is 7.29. The molecule has 2 nitrogen and oxygen atoms in total. The molecule has 1 aliphatic heterocycles. The van der Waals surface area contributed by atoms with Gasteiger partial charge in [0.2, 0.25) is 0 Å². The smallest absolute Gasteiger partial charge is 0.164 e. The first kappa shape index (κ1) is 12.7. The molecule has 0 bridgehead atoms. The summed E-state index contributed by atoms with van der Waals surface area (Å²) in [6.07, 6.45) is 9.14. The third-order valence-corrected chi connectivity index (χ3v) is 3.02. The average molecular weight is 212 g/mol. The van der Waals surface area contributed by atoms with Crippen molar-refractivity contribution in [3.05, 3.63) is 0 Å². The first-order valence-corrected chi connectivity index (χ1v) is 6.47. The van der Waals surface area contributed by atoms with Crippen molar-refractivity contribution in [2.24, 2.45) is 0 Å². The molecule has 1 fully saturated rings. The average Bonchev–Trinajstić information content (AvgIpc) is 2.98. The zero-order valence-electron chi connectivity index (χ0n) is 10.1.